The minimum atomic E-state index is -1.13. The fourth-order valence-electron chi connectivity index (χ4n) is 0.690. The summed E-state index contributed by atoms with van der Waals surface area (Å²) in [5.41, 5.74) is 4.65. The van der Waals surface area contributed by atoms with Gasteiger partial charge in [0, 0.05) is 12.3 Å². The van der Waals surface area contributed by atoms with Crippen LogP contribution >= 0.6 is 12.4 Å². The van der Waals surface area contributed by atoms with E-state index in [2.05, 4.69) is 4.52 Å². The molecular weight excluding hydrogens is 200 g/mol. The van der Waals surface area contributed by atoms with E-state index in [1.807, 2.05) is 0 Å². The molecule has 0 fully saturated rings. The number of nitrogens with two attached hydrogens (primary N) is 1. The van der Waals surface area contributed by atoms with Crippen molar-refractivity contribution in [3.05, 3.63) is 22.7 Å². The van der Waals surface area contributed by atoms with Crippen molar-refractivity contribution in [3.63, 3.8) is 0 Å². The molecule has 6 nitrogen and oxygen atoms in total. The van der Waals surface area contributed by atoms with E-state index in [-0.39, 0.29) is 19.0 Å². The maximum atomic E-state index is 10.5. The molecule has 0 spiro atoms. The van der Waals surface area contributed by atoms with Gasteiger partial charge in [0.1, 0.15) is 6.04 Å². The quantitative estimate of drug-likeness (QED) is 0.683. The van der Waals surface area contributed by atoms with E-state index in [0.29, 0.717) is 0 Å². The van der Waals surface area contributed by atoms with Crippen LogP contribution in [0.1, 0.15) is 0 Å². The SMILES string of the molecule is Cl.N[C@@H](Cn1ccc(=O)o1)C(=O)O. The van der Waals surface area contributed by atoms with Crippen LogP contribution in [0.5, 0.6) is 0 Å². The number of aromatic nitrogens is 1. The predicted molar refractivity (Wildman–Crippen MR) is 45.8 cm³/mol. The minimum absolute atomic E-state index is 0. The van der Waals surface area contributed by atoms with E-state index in [1.54, 1.807) is 0 Å². The third-order valence-electron chi connectivity index (χ3n) is 1.28. The van der Waals surface area contributed by atoms with Crippen LogP contribution < -0.4 is 11.4 Å². The predicted octanol–water partition coefficient (Wildman–Crippen LogP) is -0.725. The highest BCUT2D eigenvalue weighted by Gasteiger charge is 2.12. The lowest BCUT2D eigenvalue weighted by Gasteiger charge is -2.04. The number of hydrogen-bond acceptors (Lipinski definition) is 4. The number of carboxylic acids is 1. The molecule has 0 aromatic carbocycles. The fourth-order valence-corrected chi connectivity index (χ4v) is 0.690. The zero-order valence-corrected chi connectivity index (χ0v) is 7.36. The van der Waals surface area contributed by atoms with Gasteiger partial charge in [-0.05, 0) is 0 Å². The number of nitrogens with zero attached hydrogens (tertiary/aromatic N) is 1. The molecule has 74 valence electrons. The van der Waals surface area contributed by atoms with Crippen LogP contribution in [-0.2, 0) is 11.3 Å². The maximum absolute atomic E-state index is 10.5. The molecule has 3 N–H and O–H groups in total. The van der Waals surface area contributed by atoms with Gasteiger partial charge < -0.3 is 15.4 Å². The molecular formula is C6H9ClN2O4. The van der Waals surface area contributed by atoms with Crippen molar-refractivity contribution in [2.75, 3.05) is 0 Å². The molecule has 0 unspecified atom stereocenters. The highest BCUT2D eigenvalue weighted by atomic mass is 35.5. The molecule has 1 aromatic rings. The summed E-state index contributed by atoms with van der Waals surface area (Å²) in [6.45, 7) is -0.0441. The Morgan fingerprint density at radius 2 is 2.38 bits per heavy atom. The molecule has 0 aliphatic carbocycles. The molecule has 7 heteroatoms. The van der Waals surface area contributed by atoms with E-state index in [9.17, 15) is 9.59 Å². The number of halogens is 1. The molecule has 1 rings (SSSR count). The molecule has 0 saturated carbocycles. The third kappa shape index (κ3) is 3.30. The third-order valence-corrected chi connectivity index (χ3v) is 1.28. The second kappa shape index (κ2) is 4.68. The number of rotatable bonds is 3. The largest absolute Gasteiger partial charge is 0.480 e. The second-order valence-electron chi connectivity index (χ2n) is 2.27. The first-order chi connectivity index (χ1) is 5.59. The first-order valence-corrected chi connectivity index (χ1v) is 3.25. The first kappa shape index (κ1) is 11.7. The Hall–Kier alpha value is -1.27. The highest BCUT2D eigenvalue weighted by molar-refractivity contribution is 5.85. The van der Waals surface area contributed by atoms with Gasteiger partial charge in [0.2, 0.25) is 0 Å². The van der Waals surface area contributed by atoms with Crippen LogP contribution in [0, 0.1) is 0 Å². The van der Waals surface area contributed by atoms with Crippen LogP contribution in [0.25, 0.3) is 0 Å². The van der Waals surface area contributed by atoms with Gasteiger partial charge in [0.25, 0.3) is 0 Å². The topological polar surface area (TPSA) is 98.5 Å². The standard InChI is InChI=1S/C6H8N2O4.ClH/c7-4(6(10)11)3-8-2-1-5(9)12-8;/h1-2,4H,3,7H2,(H,10,11);1H/t4-;/m0./s1. The Labute approximate surface area is 79.3 Å². The molecule has 0 aliphatic rings. The second-order valence-corrected chi connectivity index (χ2v) is 2.27. The Kier molecular flexibility index (Phi) is 4.22. The van der Waals surface area contributed by atoms with Crippen molar-refractivity contribution in [2.45, 2.75) is 12.6 Å². The molecule has 0 radical (unpaired) electrons. The van der Waals surface area contributed by atoms with Gasteiger partial charge in [0.15, 0.2) is 0 Å². The van der Waals surface area contributed by atoms with Gasteiger partial charge in [-0.15, -0.1) is 12.4 Å². The van der Waals surface area contributed by atoms with Crippen LogP contribution in [0.3, 0.4) is 0 Å². The van der Waals surface area contributed by atoms with E-state index in [4.69, 9.17) is 10.8 Å². The summed E-state index contributed by atoms with van der Waals surface area (Å²) in [6, 6.07) is 0.134. The fraction of sp³-hybridized carbons (Fsp3) is 0.333. The van der Waals surface area contributed by atoms with Gasteiger partial charge in [-0.2, -0.15) is 0 Å². The van der Waals surface area contributed by atoms with Crippen molar-refractivity contribution in [3.8, 4) is 0 Å². The molecule has 1 aromatic heterocycles. The average Bonchev–Trinajstić information content (AvgIpc) is 2.35. The Balaban J connectivity index is 0.00000144. The molecule has 0 amide bonds. The van der Waals surface area contributed by atoms with Gasteiger partial charge in [-0.25, -0.2) is 9.53 Å². The lowest BCUT2D eigenvalue weighted by atomic mass is 10.3. The van der Waals surface area contributed by atoms with Crippen LogP contribution in [0.15, 0.2) is 21.6 Å². The van der Waals surface area contributed by atoms with Crippen molar-refractivity contribution >= 4 is 18.4 Å². The number of carboxylic acid groups (broad SMARTS) is 1. The van der Waals surface area contributed by atoms with Crippen molar-refractivity contribution < 1.29 is 14.4 Å². The zero-order chi connectivity index (χ0) is 9.14. The van der Waals surface area contributed by atoms with Crippen LogP contribution in [0.4, 0.5) is 0 Å². The van der Waals surface area contributed by atoms with Gasteiger partial charge in [-0.3, -0.25) is 4.79 Å². The van der Waals surface area contributed by atoms with Crippen LogP contribution in [-0.4, -0.2) is 21.9 Å². The van der Waals surface area contributed by atoms with Crippen molar-refractivity contribution in [1.29, 1.82) is 0 Å². The van der Waals surface area contributed by atoms with Crippen LogP contribution in [0.2, 0.25) is 0 Å². The molecule has 0 bridgehead atoms. The minimum Gasteiger partial charge on any atom is -0.480 e. The Bertz CT molecular complexity index is 331. The lowest BCUT2D eigenvalue weighted by molar-refractivity contribution is -0.139. The summed E-state index contributed by atoms with van der Waals surface area (Å²) in [4.78, 5) is 20.7. The summed E-state index contributed by atoms with van der Waals surface area (Å²) in [7, 11) is 0. The van der Waals surface area contributed by atoms with E-state index in [0.717, 1.165) is 4.74 Å². The molecule has 0 aliphatic heterocycles. The zero-order valence-electron chi connectivity index (χ0n) is 6.54. The number of aliphatic carboxylic acids is 1. The highest BCUT2D eigenvalue weighted by Crippen LogP contribution is 1.88. The van der Waals surface area contributed by atoms with Gasteiger partial charge in [0.05, 0.1) is 6.54 Å². The summed E-state index contributed by atoms with van der Waals surface area (Å²) in [6.07, 6.45) is 1.34. The molecule has 1 atom stereocenters. The van der Waals surface area contributed by atoms with Crippen molar-refractivity contribution in [2.24, 2.45) is 5.73 Å². The number of carbonyl (C=O) groups is 1. The Morgan fingerprint density at radius 1 is 1.77 bits per heavy atom. The summed E-state index contributed by atoms with van der Waals surface area (Å²) >= 11 is 0. The average molecular weight is 209 g/mol. The lowest BCUT2D eigenvalue weighted by Crippen LogP contribution is -2.34. The maximum Gasteiger partial charge on any atom is 0.357 e. The normalized spacial score (nSPS) is 11.8. The first-order valence-electron chi connectivity index (χ1n) is 3.25. The summed E-state index contributed by atoms with van der Waals surface area (Å²) < 4.78 is 5.61. The number of hydrogen-bond donors (Lipinski definition) is 2. The summed E-state index contributed by atoms with van der Waals surface area (Å²) in [5.74, 6) is -1.13. The molecule has 1 heterocycles. The molecule has 13 heavy (non-hydrogen) atoms. The van der Waals surface area contributed by atoms with E-state index in [1.165, 1.54) is 12.3 Å². The van der Waals surface area contributed by atoms with Crippen molar-refractivity contribution in [1.82, 2.24) is 4.74 Å². The van der Waals surface area contributed by atoms with E-state index < -0.39 is 17.6 Å². The monoisotopic (exact) mass is 208 g/mol. The van der Waals surface area contributed by atoms with Gasteiger partial charge >= 0.3 is 11.6 Å². The molecule has 0 saturated heterocycles. The summed E-state index contributed by atoms with van der Waals surface area (Å²) in [5, 5.41) is 8.39. The van der Waals surface area contributed by atoms with E-state index >= 15 is 0 Å². The Morgan fingerprint density at radius 3 is 2.77 bits per heavy atom. The van der Waals surface area contributed by atoms with Gasteiger partial charge in [-0.1, -0.05) is 0 Å². The smallest absolute Gasteiger partial charge is 0.357 e.